The van der Waals surface area contributed by atoms with Gasteiger partial charge in [-0.3, -0.25) is 24.3 Å². The highest BCUT2D eigenvalue weighted by molar-refractivity contribution is 5.97. The summed E-state index contributed by atoms with van der Waals surface area (Å²) in [6, 6.07) is 1.44. The van der Waals surface area contributed by atoms with Gasteiger partial charge in [-0.25, -0.2) is 0 Å². The summed E-state index contributed by atoms with van der Waals surface area (Å²) in [5, 5.41) is 22.1. The van der Waals surface area contributed by atoms with Crippen molar-refractivity contribution in [2.75, 3.05) is 0 Å². The molecule has 2 aromatic rings. The normalized spacial score (nSPS) is 12.2. The van der Waals surface area contributed by atoms with Gasteiger partial charge < -0.3 is 5.32 Å². The number of carbonyl (C=O) groups is 1. The molecule has 0 fully saturated rings. The number of aromatic nitrogens is 4. The van der Waals surface area contributed by atoms with Crippen LogP contribution in [0.15, 0.2) is 12.3 Å². The first-order valence-corrected chi connectivity index (χ1v) is 6.87. The van der Waals surface area contributed by atoms with Crippen molar-refractivity contribution in [2.45, 2.75) is 33.4 Å². The minimum absolute atomic E-state index is 0.0655. The molecule has 9 nitrogen and oxygen atoms in total. The molecule has 0 aliphatic rings. The van der Waals surface area contributed by atoms with Gasteiger partial charge in [0.05, 0.1) is 16.7 Å². The molecule has 0 bridgehead atoms. The van der Waals surface area contributed by atoms with Crippen LogP contribution >= 0.6 is 0 Å². The molecule has 2 heterocycles. The zero-order valence-electron chi connectivity index (χ0n) is 12.9. The van der Waals surface area contributed by atoms with Gasteiger partial charge in [0.1, 0.15) is 5.69 Å². The van der Waals surface area contributed by atoms with Crippen LogP contribution in [-0.4, -0.2) is 30.4 Å². The Morgan fingerprint density at radius 1 is 1.50 bits per heavy atom. The Morgan fingerprint density at radius 3 is 2.73 bits per heavy atom. The van der Waals surface area contributed by atoms with Gasteiger partial charge >= 0.3 is 5.69 Å². The second-order valence-corrected chi connectivity index (χ2v) is 4.95. The van der Waals surface area contributed by atoms with E-state index < -0.39 is 10.8 Å². The van der Waals surface area contributed by atoms with Crippen molar-refractivity contribution in [1.82, 2.24) is 24.9 Å². The molecule has 1 unspecified atom stereocenters. The van der Waals surface area contributed by atoms with Crippen molar-refractivity contribution in [2.24, 2.45) is 7.05 Å². The molecule has 1 N–H and O–H groups in total. The van der Waals surface area contributed by atoms with Crippen molar-refractivity contribution in [3.8, 4) is 0 Å². The monoisotopic (exact) mass is 306 g/mol. The van der Waals surface area contributed by atoms with Gasteiger partial charge in [0, 0.05) is 19.8 Å². The van der Waals surface area contributed by atoms with Gasteiger partial charge in [-0.1, -0.05) is 0 Å². The van der Waals surface area contributed by atoms with E-state index in [1.165, 1.54) is 18.7 Å². The fourth-order valence-electron chi connectivity index (χ4n) is 2.24. The number of hydrogen-bond acceptors (Lipinski definition) is 5. The molecule has 2 rings (SSSR count). The molecular weight excluding hydrogens is 288 g/mol. The Bertz CT molecular complexity index is 717. The first-order chi connectivity index (χ1) is 10.3. The third-order valence-electron chi connectivity index (χ3n) is 3.36. The second kappa shape index (κ2) is 5.96. The molecule has 0 aliphatic heterocycles. The Hall–Kier alpha value is -2.71. The minimum Gasteiger partial charge on any atom is -0.342 e. The zero-order chi connectivity index (χ0) is 16.4. The van der Waals surface area contributed by atoms with Crippen molar-refractivity contribution >= 4 is 11.6 Å². The topological polar surface area (TPSA) is 108 Å². The summed E-state index contributed by atoms with van der Waals surface area (Å²) < 4.78 is 2.97. The summed E-state index contributed by atoms with van der Waals surface area (Å²) in [7, 11) is 1.51. The maximum atomic E-state index is 12.4. The molecule has 2 aromatic heterocycles. The van der Waals surface area contributed by atoms with Gasteiger partial charge in [0.25, 0.3) is 5.91 Å². The highest BCUT2D eigenvalue weighted by atomic mass is 16.6. The molecule has 0 aliphatic carbocycles. The standard InChI is InChI=1S/C13H18N6O3/c1-5-18-7-6-10(16-18)8(2)14-13(20)12-11(19(21)22)9(3)15-17(12)4/h6-8H,5H2,1-4H3,(H,14,20). The van der Waals surface area contributed by atoms with E-state index in [2.05, 4.69) is 15.5 Å². The quantitative estimate of drug-likeness (QED) is 0.662. The van der Waals surface area contributed by atoms with E-state index in [1.54, 1.807) is 17.7 Å². The number of hydrogen-bond donors (Lipinski definition) is 1. The summed E-state index contributed by atoms with van der Waals surface area (Å²) in [5.41, 5.74) is 0.563. The number of nitrogens with one attached hydrogen (secondary N) is 1. The number of nitro groups is 1. The van der Waals surface area contributed by atoms with Gasteiger partial charge in [0.15, 0.2) is 0 Å². The SMILES string of the molecule is CCn1ccc(C(C)NC(=O)c2c([N+](=O)[O-])c(C)nn2C)n1. The van der Waals surface area contributed by atoms with E-state index in [4.69, 9.17) is 0 Å². The van der Waals surface area contributed by atoms with Gasteiger partial charge in [-0.2, -0.15) is 10.2 Å². The van der Waals surface area contributed by atoms with Gasteiger partial charge in [-0.15, -0.1) is 0 Å². The second-order valence-electron chi connectivity index (χ2n) is 4.95. The van der Waals surface area contributed by atoms with E-state index in [-0.39, 0.29) is 23.1 Å². The minimum atomic E-state index is -0.590. The highest BCUT2D eigenvalue weighted by Gasteiger charge is 2.30. The van der Waals surface area contributed by atoms with Crippen LogP contribution in [0.5, 0.6) is 0 Å². The van der Waals surface area contributed by atoms with E-state index in [0.717, 1.165) is 6.54 Å². The fourth-order valence-corrected chi connectivity index (χ4v) is 2.24. The van der Waals surface area contributed by atoms with Crippen LogP contribution in [0.1, 0.15) is 41.8 Å². The van der Waals surface area contributed by atoms with Crippen LogP contribution < -0.4 is 5.32 Å². The third-order valence-corrected chi connectivity index (χ3v) is 3.36. The number of rotatable bonds is 5. The third kappa shape index (κ3) is 2.83. The number of carbonyl (C=O) groups excluding carboxylic acids is 1. The Balaban J connectivity index is 2.24. The largest absolute Gasteiger partial charge is 0.342 e. The van der Waals surface area contributed by atoms with Crippen molar-refractivity contribution in [3.05, 3.63) is 39.5 Å². The lowest BCUT2D eigenvalue weighted by Gasteiger charge is -2.11. The molecular formula is C13H18N6O3. The van der Waals surface area contributed by atoms with E-state index >= 15 is 0 Å². The van der Waals surface area contributed by atoms with Crippen molar-refractivity contribution in [3.63, 3.8) is 0 Å². The summed E-state index contributed by atoms with van der Waals surface area (Å²) in [4.78, 5) is 22.9. The van der Waals surface area contributed by atoms with Gasteiger partial charge in [-0.05, 0) is 26.8 Å². The number of aryl methyl sites for hydroxylation is 3. The van der Waals surface area contributed by atoms with Crippen LogP contribution in [0.3, 0.4) is 0 Å². The summed E-state index contributed by atoms with van der Waals surface area (Å²) in [6.45, 7) is 5.96. The Labute approximate surface area is 127 Å². The molecule has 22 heavy (non-hydrogen) atoms. The molecule has 1 amide bonds. The molecule has 0 spiro atoms. The van der Waals surface area contributed by atoms with Crippen LogP contribution in [0, 0.1) is 17.0 Å². The van der Waals surface area contributed by atoms with Crippen LogP contribution in [-0.2, 0) is 13.6 Å². The molecule has 0 saturated heterocycles. The van der Waals surface area contributed by atoms with Crippen molar-refractivity contribution in [1.29, 1.82) is 0 Å². The zero-order valence-corrected chi connectivity index (χ0v) is 12.9. The molecule has 118 valence electrons. The van der Waals surface area contributed by atoms with Crippen LogP contribution in [0.4, 0.5) is 5.69 Å². The average molecular weight is 306 g/mol. The smallest absolute Gasteiger partial charge is 0.322 e. The highest BCUT2D eigenvalue weighted by Crippen LogP contribution is 2.23. The number of amides is 1. The average Bonchev–Trinajstić information content (AvgIpc) is 3.02. The number of nitrogens with zero attached hydrogens (tertiary/aromatic N) is 5. The summed E-state index contributed by atoms with van der Waals surface area (Å²) >= 11 is 0. The lowest BCUT2D eigenvalue weighted by molar-refractivity contribution is -0.385. The summed E-state index contributed by atoms with van der Waals surface area (Å²) in [6.07, 6.45) is 1.81. The van der Waals surface area contributed by atoms with Crippen LogP contribution in [0.2, 0.25) is 0 Å². The van der Waals surface area contributed by atoms with Crippen LogP contribution in [0.25, 0.3) is 0 Å². The molecule has 0 aromatic carbocycles. The maximum absolute atomic E-state index is 12.4. The molecule has 0 radical (unpaired) electrons. The van der Waals surface area contributed by atoms with E-state index in [1.807, 2.05) is 13.1 Å². The predicted octanol–water partition coefficient (Wildman–Crippen LogP) is 1.34. The maximum Gasteiger partial charge on any atom is 0.322 e. The van der Waals surface area contributed by atoms with E-state index in [9.17, 15) is 14.9 Å². The molecule has 9 heteroatoms. The van der Waals surface area contributed by atoms with Crippen molar-refractivity contribution < 1.29 is 9.72 Å². The fraction of sp³-hybridized carbons (Fsp3) is 0.462. The Kier molecular flexibility index (Phi) is 4.25. The molecule has 0 saturated carbocycles. The lowest BCUT2D eigenvalue weighted by Crippen LogP contribution is -2.29. The molecule has 1 atom stereocenters. The van der Waals surface area contributed by atoms with Gasteiger partial charge in [0.2, 0.25) is 5.69 Å². The first kappa shape index (κ1) is 15.7. The Morgan fingerprint density at radius 2 is 2.18 bits per heavy atom. The van der Waals surface area contributed by atoms with E-state index in [0.29, 0.717) is 5.69 Å². The lowest BCUT2D eigenvalue weighted by atomic mass is 10.2. The predicted molar refractivity (Wildman–Crippen MR) is 78.4 cm³/mol. The first-order valence-electron chi connectivity index (χ1n) is 6.87. The summed E-state index contributed by atoms with van der Waals surface area (Å²) in [5.74, 6) is -0.548.